The second-order valence-electron chi connectivity index (χ2n) is 6.79. The van der Waals surface area contributed by atoms with E-state index in [9.17, 15) is 0 Å². The van der Waals surface area contributed by atoms with Crippen molar-refractivity contribution in [2.24, 2.45) is 11.3 Å². The quantitative estimate of drug-likeness (QED) is 0.730. The van der Waals surface area contributed by atoms with Crippen LogP contribution in [0.5, 0.6) is 0 Å². The van der Waals surface area contributed by atoms with Gasteiger partial charge in [0.25, 0.3) is 0 Å². The van der Waals surface area contributed by atoms with Crippen LogP contribution in [0.4, 0.5) is 0 Å². The summed E-state index contributed by atoms with van der Waals surface area (Å²) >= 11 is 0. The van der Waals surface area contributed by atoms with E-state index in [1.54, 1.807) is 0 Å². The second kappa shape index (κ2) is 5.71. The van der Waals surface area contributed by atoms with Crippen molar-refractivity contribution in [1.29, 1.82) is 0 Å². The third-order valence-electron chi connectivity index (χ3n) is 4.49. The minimum atomic E-state index is 0.0346. The van der Waals surface area contributed by atoms with Crippen LogP contribution in [0, 0.1) is 11.3 Å². The summed E-state index contributed by atoms with van der Waals surface area (Å²) in [7, 11) is 0. The highest BCUT2D eigenvalue weighted by atomic mass is 16.5. The Morgan fingerprint density at radius 1 is 1.29 bits per heavy atom. The molecule has 0 spiro atoms. The topological polar surface area (TPSA) is 12.5 Å². The fourth-order valence-corrected chi connectivity index (χ4v) is 2.80. The third-order valence-corrected chi connectivity index (χ3v) is 4.49. The van der Waals surface area contributed by atoms with E-state index in [0.717, 1.165) is 25.6 Å². The summed E-state index contributed by atoms with van der Waals surface area (Å²) in [5.41, 5.74) is 0.490. The molecule has 1 saturated heterocycles. The van der Waals surface area contributed by atoms with Crippen LogP contribution in [-0.2, 0) is 4.74 Å². The van der Waals surface area contributed by atoms with Crippen LogP contribution < -0.4 is 0 Å². The smallest absolute Gasteiger partial charge is 0.0753 e. The molecule has 2 heteroatoms. The lowest BCUT2D eigenvalue weighted by Crippen LogP contribution is -2.50. The van der Waals surface area contributed by atoms with Crippen LogP contribution in [0.1, 0.15) is 54.4 Å². The molecular formula is C15H31NO. The van der Waals surface area contributed by atoms with Crippen LogP contribution >= 0.6 is 0 Å². The van der Waals surface area contributed by atoms with Gasteiger partial charge in [-0.3, -0.25) is 4.90 Å². The van der Waals surface area contributed by atoms with E-state index in [2.05, 4.69) is 46.4 Å². The van der Waals surface area contributed by atoms with E-state index < -0.39 is 0 Å². The molecule has 0 N–H and O–H groups in total. The zero-order valence-electron chi connectivity index (χ0n) is 12.7. The molecule has 0 saturated carbocycles. The van der Waals surface area contributed by atoms with Crippen LogP contribution in [0.15, 0.2) is 0 Å². The Balaban J connectivity index is 2.57. The number of rotatable bonds is 5. The first-order valence-corrected chi connectivity index (χ1v) is 7.17. The zero-order valence-corrected chi connectivity index (χ0v) is 12.7. The lowest BCUT2D eigenvalue weighted by atomic mass is 9.75. The largest absolute Gasteiger partial charge is 0.373 e. The van der Waals surface area contributed by atoms with Gasteiger partial charge in [0.1, 0.15) is 0 Å². The molecule has 1 fully saturated rings. The van der Waals surface area contributed by atoms with Crippen molar-refractivity contribution >= 4 is 0 Å². The molecule has 0 aromatic rings. The molecule has 0 unspecified atom stereocenters. The van der Waals surface area contributed by atoms with E-state index >= 15 is 0 Å². The minimum Gasteiger partial charge on any atom is -0.373 e. The molecule has 102 valence electrons. The molecule has 0 aromatic carbocycles. The van der Waals surface area contributed by atoms with Crippen molar-refractivity contribution in [3.63, 3.8) is 0 Å². The predicted molar refractivity (Wildman–Crippen MR) is 74.3 cm³/mol. The molecule has 1 heterocycles. The van der Waals surface area contributed by atoms with Gasteiger partial charge in [0.15, 0.2) is 0 Å². The van der Waals surface area contributed by atoms with E-state index in [-0.39, 0.29) is 5.60 Å². The lowest BCUT2D eigenvalue weighted by Gasteiger charge is -2.42. The van der Waals surface area contributed by atoms with Gasteiger partial charge in [-0.15, -0.1) is 0 Å². The maximum atomic E-state index is 5.78. The van der Waals surface area contributed by atoms with E-state index in [1.165, 1.54) is 19.4 Å². The van der Waals surface area contributed by atoms with E-state index in [0.29, 0.717) is 5.41 Å². The highest BCUT2D eigenvalue weighted by molar-refractivity contribution is 4.84. The molecule has 1 aliphatic heterocycles. The third kappa shape index (κ3) is 4.26. The first-order chi connectivity index (χ1) is 7.80. The predicted octanol–water partition coefficient (Wildman–Crippen LogP) is 3.56. The molecule has 2 nitrogen and oxygen atoms in total. The normalized spacial score (nSPS) is 23.6. The number of nitrogens with zero attached hydrogens (tertiary/aromatic N) is 1. The molecule has 0 aliphatic carbocycles. The standard InChI is InChI=1S/C15H31NO/c1-7-13(14(3,4)8-2)11-16-9-10-17-15(5,6)12-16/h13H,7-12H2,1-6H3/t13-/m0/s1. The Morgan fingerprint density at radius 3 is 2.41 bits per heavy atom. The number of hydrogen-bond donors (Lipinski definition) is 0. The van der Waals surface area contributed by atoms with E-state index in [4.69, 9.17) is 4.74 Å². The summed E-state index contributed by atoms with van der Waals surface area (Å²) in [5.74, 6) is 0.793. The van der Waals surface area contributed by atoms with Gasteiger partial charge in [0, 0.05) is 19.6 Å². The van der Waals surface area contributed by atoms with E-state index in [1.807, 2.05) is 0 Å². The Morgan fingerprint density at radius 2 is 1.94 bits per heavy atom. The van der Waals surface area contributed by atoms with Crippen molar-refractivity contribution in [2.45, 2.75) is 60.0 Å². The minimum absolute atomic E-state index is 0.0346. The summed E-state index contributed by atoms with van der Waals surface area (Å²) in [6.45, 7) is 18.1. The highest BCUT2D eigenvalue weighted by Gasteiger charge is 2.32. The second-order valence-corrected chi connectivity index (χ2v) is 6.79. The van der Waals surface area contributed by atoms with Gasteiger partial charge in [0.05, 0.1) is 12.2 Å². The maximum Gasteiger partial charge on any atom is 0.0753 e. The lowest BCUT2D eigenvalue weighted by molar-refractivity contribution is -0.0928. The van der Waals surface area contributed by atoms with Gasteiger partial charge >= 0.3 is 0 Å². The molecule has 0 amide bonds. The Kier molecular flexibility index (Phi) is 5.03. The van der Waals surface area contributed by atoms with Crippen molar-refractivity contribution in [3.8, 4) is 0 Å². The highest BCUT2D eigenvalue weighted by Crippen LogP contribution is 2.34. The van der Waals surface area contributed by atoms with Gasteiger partial charge in [-0.1, -0.05) is 40.5 Å². The van der Waals surface area contributed by atoms with Crippen molar-refractivity contribution in [3.05, 3.63) is 0 Å². The summed E-state index contributed by atoms with van der Waals surface area (Å²) in [5, 5.41) is 0. The summed E-state index contributed by atoms with van der Waals surface area (Å²) in [6, 6.07) is 0. The fraction of sp³-hybridized carbons (Fsp3) is 1.00. The number of hydrogen-bond acceptors (Lipinski definition) is 2. The van der Waals surface area contributed by atoms with Gasteiger partial charge in [-0.05, 0) is 25.2 Å². The molecule has 1 aliphatic rings. The first-order valence-electron chi connectivity index (χ1n) is 7.17. The van der Waals surface area contributed by atoms with Gasteiger partial charge in [-0.25, -0.2) is 0 Å². The first kappa shape index (κ1) is 15.0. The average Bonchev–Trinajstić information content (AvgIpc) is 2.24. The fourth-order valence-electron chi connectivity index (χ4n) is 2.80. The van der Waals surface area contributed by atoms with Crippen LogP contribution in [0.2, 0.25) is 0 Å². The average molecular weight is 241 g/mol. The summed E-state index contributed by atoms with van der Waals surface area (Å²) in [4.78, 5) is 2.59. The van der Waals surface area contributed by atoms with Crippen molar-refractivity contribution < 1.29 is 4.74 Å². The number of morpholine rings is 1. The molecule has 0 aromatic heterocycles. The molecule has 0 radical (unpaired) electrons. The Labute approximate surface area is 108 Å². The molecular weight excluding hydrogens is 210 g/mol. The summed E-state index contributed by atoms with van der Waals surface area (Å²) < 4.78 is 5.78. The maximum absolute atomic E-state index is 5.78. The van der Waals surface area contributed by atoms with Gasteiger partial charge in [-0.2, -0.15) is 0 Å². The SMILES string of the molecule is CC[C@@H](CN1CCOC(C)(C)C1)C(C)(C)CC. The molecule has 1 rings (SSSR count). The van der Waals surface area contributed by atoms with Gasteiger partial charge < -0.3 is 4.74 Å². The van der Waals surface area contributed by atoms with Crippen molar-refractivity contribution in [2.75, 3.05) is 26.2 Å². The zero-order chi connectivity index (χ0) is 13.1. The molecule has 17 heavy (non-hydrogen) atoms. The molecule has 0 bridgehead atoms. The monoisotopic (exact) mass is 241 g/mol. The van der Waals surface area contributed by atoms with Crippen LogP contribution in [-0.4, -0.2) is 36.7 Å². The Bertz CT molecular complexity index is 235. The van der Waals surface area contributed by atoms with Crippen LogP contribution in [0.3, 0.4) is 0 Å². The number of ether oxygens (including phenoxy) is 1. The Hall–Kier alpha value is -0.0800. The van der Waals surface area contributed by atoms with Gasteiger partial charge in [0.2, 0.25) is 0 Å². The van der Waals surface area contributed by atoms with Crippen LogP contribution in [0.25, 0.3) is 0 Å². The summed E-state index contributed by atoms with van der Waals surface area (Å²) in [6.07, 6.45) is 2.54. The van der Waals surface area contributed by atoms with Crippen molar-refractivity contribution in [1.82, 2.24) is 4.90 Å². The molecule has 1 atom stereocenters.